The van der Waals surface area contributed by atoms with Crippen LogP contribution in [0.15, 0.2) is 53.0 Å². The van der Waals surface area contributed by atoms with Crippen molar-refractivity contribution in [2.24, 2.45) is 0 Å². The third-order valence-corrected chi connectivity index (χ3v) is 2.86. The predicted octanol–water partition coefficient (Wildman–Crippen LogP) is 1.80. The van der Waals surface area contributed by atoms with Crippen molar-refractivity contribution >= 4 is 28.5 Å². The van der Waals surface area contributed by atoms with Crippen LogP contribution in [0.2, 0.25) is 0 Å². The Morgan fingerprint density at radius 2 is 1.56 bits per heavy atom. The lowest BCUT2D eigenvalue weighted by molar-refractivity contribution is 0.426. The Labute approximate surface area is 103 Å². The van der Waals surface area contributed by atoms with Crippen molar-refractivity contribution in [3.63, 3.8) is 0 Å². The van der Waals surface area contributed by atoms with Crippen molar-refractivity contribution in [2.45, 2.75) is 0 Å². The van der Waals surface area contributed by atoms with E-state index in [0.717, 1.165) is 15.6 Å². The van der Waals surface area contributed by atoms with E-state index in [9.17, 15) is 0 Å². The first-order valence-electron chi connectivity index (χ1n) is 4.89. The van der Waals surface area contributed by atoms with E-state index in [4.69, 9.17) is 10.0 Å². The molecular weight excluding hydrogens is 267 g/mol. The van der Waals surface area contributed by atoms with Crippen LogP contribution in [0.3, 0.4) is 0 Å². The van der Waals surface area contributed by atoms with Crippen LogP contribution >= 0.6 is 15.9 Å². The van der Waals surface area contributed by atoms with Gasteiger partial charge in [0.2, 0.25) is 0 Å². The quantitative estimate of drug-likeness (QED) is 0.822. The number of hydrogen-bond acceptors (Lipinski definition) is 2. The molecule has 2 aromatic rings. The topological polar surface area (TPSA) is 40.5 Å². The smallest absolute Gasteiger partial charge is 0.423 e. The van der Waals surface area contributed by atoms with Gasteiger partial charge in [0, 0.05) is 4.47 Å². The van der Waals surface area contributed by atoms with Gasteiger partial charge in [0.05, 0.1) is 0 Å². The Kier molecular flexibility index (Phi) is 3.44. The molecule has 4 heteroatoms. The van der Waals surface area contributed by atoms with Gasteiger partial charge >= 0.3 is 7.12 Å². The van der Waals surface area contributed by atoms with E-state index >= 15 is 0 Å². The first-order valence-corrected chi connectivity index (χ1v) is 5.68. The van der Waals surface area contributed by atoms with Crippen LogP contribution in [-0.4, -0.2) is 17.2 Å². The second-order valence-corrected chi connectivity index (χ2v) is 4.42. The van der Waals surface area contributed by atoms with Crippen molar-refractivity contribution in [2.75, 3.05) is 0 Å². The van der Waals surface area contributed by atoms with Gasteiger partial charge in [-0.1, -0.05) is 52.3 Å². The Balaban J connectivity index is 2.35. The van der Waals surface area contributed by atoms with Crippen LogP contribution in [0.5, 0.6) is 0 Å². The molecule has 0 spiro atoms. The summed E-state index contributed by atoms with van der Waals surface area (Å²) >= 11 is 3.42. The zero-order valence-electron chi connectivity index (χ0n) is 8.47. The van der Waals surface area contributed by atoms with Crippen LogP contribution in [0.1, 0.15) is 0 Å². The molecule has 0 fully saturated rings. The van der Waals surface area contributed by atoms with E-state index in [0.29, 0.717) is 5.46 Å². The lowest BCUT2D eigenvalue weighted by Crippen LogP contribution is -2.29. The average molecular weight is 277 g/mol. The largest absolute Gasteiger partial charge is 0.488 e. The molecule has 0 aromatic heterocycles. The van der Waals surface area contributed by atoms with Gasteiger partial charge < -0.3 is 10.0 Å². The van der Waals surface area contributed by atoms with E-state index in [2.05, 4.69) is 15.9 Å². The highest BCUT2D eigenvalue weighted by molar-refractivity contribution is 9.10. The number of hydrogen-bond donors (Lipinski definition) is 2. The number of benzene rings is 2. The van der Waals surface area contributed by atoms with Crippen LogP contribution in [0, 0.1) is 0 Å². The maximum absolute atomic E-state index is 8.98. The van der Waals surface area contributed by atoms with Gasteiger partial charge in [-0.15, -0.1) is 0 Å². The van der Waals surface area contributed by atoms with Crippen LogP contribution < -0.4 is 5.46 Å². The van der Waals surface area contributed by atoms with Gasteiger partial charge in [-0.05, 0) is 28.7 Å². The van der Waals surface area contributed by atoms with Gasteiger partial charge in [0.25, 0.3) is 0 Å². The van der Waals surface area contributed by atoms with Gasteiger partial charge in [-0.3, -0.25) is 0 Å². The molecule has 0 saturated heterocycles. The van der Waals surface area contributed by atoms with Crippen molar-refractivity contribution in [3.8, 4) is 11.1 Å². The first-order chi connectivity index (χ1) is 7.66. The maximum Gasteiger partial charge on any atom is 0.488 e. The summed E-state index contributed by atoms with van der Waals surface area (Å²) in [5.41, 5.74) is 2.64. The molecule has 0 aliphatic carbocycles. The monoisotopic (exact) mass is 276 g/mol. The highest BCUT2D eigenvalue weighted by atomic mass is 79.9. The molecule has 0 aliphatic heterocycles. The third kappa shape index (κ3) is 2.53. The fourth-order valence-corrected chi connectivity index (χ4v) is 1.91. The third-order valence-electron chi connectivity index (χ3n) is 2.37. The highest BCUT2D eigenvalue weighted by Crippen LogP contribution is 2.21. The van der Waals surface area contributed by atoms with Crippen molar-refractivity contribution in [3.05, 3.63) is 53.0 Å². The van der Waals surface area contributed by atoms with Crippen molar-refractivity contribution < 1.29 is 10.0 Å². The van der Waals surface area contributed by atoms with Gasteiger partial charge in [-0.2, -0.15) is 0 Å². The molecular formula is C12H10BBrO2. The fourth-order valence-electron chi connectivity index (χ4n) is 1.52. The molecule has 0 atom stereocenters. The Bertz CT molecular complexity index is 483. The normalized spacial score (nSPS) is 10.2. The summed E-state index contributed by atoms with van der Waals surface area (Å²) in [5, 5.41) is 18.0. The Morgan fingerprint density at radius 1 is 0.875 bits per heavy atom. The molecule has 16 heavy (non-hydrogen) atoms. The molecule has 0 heterocycles. The average Bonchev–Trinajstić information content (AvgIpc) is 2.29. The van der Waals surface area contributed by atoms with E-state index in [1.165, 1.54) is 0 Å². The first kappa shape index (κ1) is 11.4. The summed E-state index contributed by atoms with van der Waals surface area (Å²) in [6.07, 6.45) is 0. The van der Waals surface area contributed by atoms with E-state index in [1.807, 2.05) is 36.4 Å². The molecule has 2 aromatic carbocycles. The minimum atomic E-state index is -1.41. The lowest BCUT2D eigenvalue weighted by Gasteiger charge is -2.04. The standard InChI is InChI=1S/C12H10BBrO2/c14-12-3-1-2-10(8-12)9-4-6-11(7-5-9)13(15)16/h1-8,15-16H. The van der Waals surface area contributed by atoms with Crippen LogP contribution in [0.4, 0.5) is 0 Å². The van der Waals surface area contributed by atoms with Gasteiger partial charge in [0.15, 0.2) is 0 Å². The molecule has 80 valence electrons. The molecule has 0 aliphatic rings. The molecule has 0 bridgehead atoms. The fraction of sp³-hybridized carbons (Fsp3) is 0. The Hall–Kier alpha value is -1.10. The number of halogens is 1. The van der Waals surface area contributed by atoms with Gasteiger partial charge in [-0.25, -0.2) is 0 Å². The summed E-state index contributed by atoms with van der Waals surface area (Å²) in [6, 6.07) is 15.1. The van der Waals surface area contributed by atoms with Crippen LogP contribution in [0.25, 0.3) is 11.1 Å². The summed E-state index contributed by atoms with van der Waals surface area (Å²) in [6.45, 7) is 0. The van der Waals surface area contributed by atoms with E-state index in [-0.39, 0.29) is 0 Å². The van der Waals surface area contributed by atoms with Gasteiger partial charge in [0.1, 0.15) is 0 Å². The molecule has 0 saturated carbocycles. The predicted molar refractivity (Wildman–Crippen MR) is 69.4 cm³/mol. The highest BCUT2D eigenvalue weighted by Gasteiger charge is 2.09. The van der Waals surface area contributed by atoms with Crippen molar-refractivity contribution in [1.29, 1.82) is 0 Å². The van der Waals surface area contributed by atoms with Crippen LogP contribution in [-0.2, 0) is 0 Å². The zero-order chi connectivity index (χ0) is 11.5. The number of rotatable bonds is 2. The zero-order valence-corrected chi connectivity index (χ0v) is 10.1. The molecule has 2 rings (SSSR count). The second-order valence-electron chi connectivity index (χ2n) is 3.51. The molecule has 2 N–H and O–H groups in total. The maximum atomic E-state index is 8.98. The summed E-state index contributed by atoms with van der Waals surface area (Å²) in [4.78, 5) is 0. The van der Waals surface area contributed by atoms with E-state index < -0.39 is 7.12 Å². The molecule has 0 unspecified atom stereocenters. The van der Waals surface area contributed by atoms with E-state index in [1.54, 1.807) is 12.1 Å². The molecule has 2 nitrogen and oxygen atoms in total. The Morgan fingerprint density at radius 3 is 2.12 bits per heavy atom. The second kappa shape index (κ2) is 4.83. The minimum absolute atomic E-state index is 0.499. The lowest BCUT2D eigenvalue weighted by atomic mass is 9.80. The molecule has 0 amide bonds. The summed E-state index contributed by atoms with van der Waals surface area (Å²) < 4.78 is 1.02. The molecule has 0 radical (unpaired) electrons. The summed E-state index contributed by atoms with van der Waals surface area (Å²) in [5.74, 6) is 0. The SMILES string of the molecule is OB(O)c1ccc(-c2cccc(Br)c2)cc1. The summed E-state index contributed by atoms with van der Waals surface area (Å²) in [7, 11) is -1.41. The van der Waals surface area contributed by atoms with Crippen molar-refractivity contribution in [1.82, 2.24) is 0 Å². The minimum Gasteiger partial charge on any atom is -0.423 e.